The molecule has 10 heteroatoms. The summed E-state index contributed by atoms with van der Waals surface area (Å²) in [7, 11) is 0. The Bertz CT molecular complexity index is 1140. The summed E-state index contributed by atoms with van der Waals surface area (Å²) < 4.78 is 10.6. The van der Waals surface area contributed by atoms with Crippen LogP contribution in [0.25, 0.3) is 11.1 Å². The number of ether oxygens (including phenoxy) is 2. The molecule has 0 aliphatic carbocycles. The molecule has 0 fully saturated rings. The topological polar surface area (TPSA) is 108 Å². The fraction of sp³-hybridized carbons (Fsp3) is 0.182. The van der Waals surface area contributed by atoms with Gasteiger partial charge >= 0.3 is 5.97 Å². The number of nitro groups is 1. The number of nitro benzene ring substituents is 1. The second-order valence-electron chi connectivity index (χ2n) is 6.55. The predicted octanol–water partition coefficient (Wildman–Crippen LogP) is 5.48. The molecule has 1 aromatic heterocycles. The van der Waals surface area contributed by atoms with E-state index in [4.69, 9.17) is 21.1 Å². The van der Waals surface area contributed by atoms with Crippen molar-refractivity contribution in [3.8, 4) is 16.9 Å². The maximum Gasteiger partial charge on any atom is 0.341 e. The van der Waals surface area contributed by atoms with Crippen LogP contribution in [0.2, 0.25) is 5.02 Å². The van der Waals surface area contributed by atoms with E-state index in [9.17, 15) is 19.7 Å². The molecule has 0 aliphatic heterocycles. The number of hydrogen-bond acceptors (Lipinski definition) is 7. The molecule has 32 heavy (non-hydrogen) atoms. The SMILES string of the molecule is CCOC(=O)c1c(NC(=O)COc2ccc([N+](=O)[O-])cc2)sc(C)c1-c1ccc(Cl)cc1. The average molecular weight is 475 g/mol. The molecular weight excluding hydrogens is 456 g/mol. The highest BCUT2D eigenvalue weighted by atomic mass is 35.5. The number of nitrogens with one attached hydrogen (secondary N) is 1. The molecule has 3 rings (SSSR count). The van der Waals surface area contributed by atoms with Gasteiger partial charge in [0.05, 0.1) is 11.5 Å². The smallest absolute Gasteiger partial charge is 0.341 e. The van der Waals surface area contributed by atoms with E-state index >= 15 is 0 Å². The Morgan fingerprint density at radius 2 is 1.78 bits per heavy atom. The molecule has 0 bridgehead atoms. The van der Waals surface area contributed by atoms with E-state index < -0.39 is 16.8 Å². The number of non-ortho nitro benzene ring substituents is 1. The highest BCUT2D eigenvalue weighted by Gasteiger charge is 2.25. The molecule has 0 saturated heterocycles. The van der Waals surface area contributed by atoms with E-state index in [-0.39, 0.29) is 24.5 Å². The van der Waals surface area contributed by atoms with Gasteiger partial charge < -0.3 is 14.8 Å². The number of amides is 1. The summed E-state index contributed by atoms with van der Waals surface area (Å²) in [5.41, 5.74) is 1.62. The number of carbonyl (C=O) groups excluding carboxylic acids is 2. The number of esters is 1. The van der Waals surface area contributed by atoms with Crippen molar-refractivity contribution in [3.05, 3.63) is 74.1 Å². The van der Waals surface area contributed by atoms with Gasteiger partial charge in [-0.15, -0.1) is 11.3 Å². The molecule has 0 unspecified atom stereocenters. The van der Waals surface area contributed by atoms with Crippen LogP contribution in [0.1, 0.15) is 22.2 Å². The van der Waals surface area contributed by atoms with Crippen molar-refractivity contribution in [2.45, 2.75) is 13.8 Å². The fourth-order valence-electron chi connectivity index (χ4n) is 2.97. The third-order valence-corrected chi connectivity index (χ3v) is 5.64. The van der Waals surface area contributed by atoms with Gasteiger partial charge in [0.15, 0.2) is 6.61 Å². The largest absolute Gasteiger partial charge is 0.484 e. The van der Waals surface area contributed by atoms with Crippen molar-refractivity contribution in [3.63, 3.8) is 0 Å². The molecule has 0 aliphatic rings. The standard InChI is InChI=1S/C22H19ClN2O6S/c1-3-30-22(27)20-19(14-4-6-15(23)7-5-14)13(2)32-21(20)24-18(26)12-31-17-10-8-16(9-11-17)25(28)29/h4-11H,3,12H2,1-2H3,(H,24,26). The summed E-state index contributed by atoms with van der Waals surface area (Å²) in [4.78, 5) is 36.2. The van der Waals surface area contributed by atoms with Crippen molar-refractivity contribution in [1.82, 2.24) is 0 Å². The Hall–Kier alpha value is -3.43. The molecule has 8 nitrogen and oxygen atoms in total. The summed E-state index contributed by atoms with van der Waals surface area (Å²) in [5.74, 6) is -0.730. The highest BCUT2D eigenvalue weighted by molar-refractivity contribution is 7.17. The quantitative estimate of drug-likeness (QED) is 0.263. The van der Waals surface area contributed by atoms with Crippen molar-refractivity contribution >= 4 is 45.5 Å². The number of thiophene rings is 1. The molecule has 166 valence electrons. The van der Waals surface area contributed by atoms with Crippen LogP contribution in [0.3, 0.4) is 0 Å². The Balaban J connectivity index is 1.81. The molecule has 0 atom stereocenters. The summed E-state index contributed by atoms with van der Waals surface area (Å²) >= 11 is 7.23. The lowest BCUT2D eigenvalue weighted by Gasteiger charge is -2.10. The fourth-order valence-corrected chi connectivity index (χ4v) is 4.18. The Labute approximate surface area is 192 Å². The number of nitrogens with zero attached hydrogens (tertiary/aromatic N) is 1. The van der Waals surface area contributed by atoms with Gasteiger partial charge in [-0.1, -0.05) is 23.7 Å². The van der Waals surface area contributed by atoms with Gasteiger partial charge in [-0.05, 0) is 43.7 Å². The lowest BCUT2D eigenvalue weighted by Crippen LogP contribution is -2.21. The van der Waals surface area contributed by atoms with Gasteiger partial charge in [0.25, 0.3) is 11.6 Å². The van der Waals surface area contributed by atoms with Crippen molar-refractivity contribution in [2.75, 3.05) is 18.5 Å². The Morgan fingerprint density at radius 1 is 1.12 bits per heavy atom. The minimum absolute atomic E-state index is 0.0790. The van der Waals surface area contributed by atoms with Crippen LogP contribution in [0.4, 0.5) is 10.7 Å². The normalized spacial score (nSPS) is 10.5. The molecule has 1 heterocycles. The Kier molecular flexibility index (Phi) is 7.45. The van der Waals surface area contributed by atoms with Gasteiger partial charge in [-0.25, -0.2) is 4.79 Å². The number of halogens is 1. The lowest BCUT2D eigenvalue weighted by molar-refractivity contribution is -0.384. The average Bonchev–Trinajstić information content (AvgIpc) is 3.08. The first kappa shape index (κ1) is 23.2. The van der Waals surface area contributed by atoms with Gasteiger partial charge in [0.1, 0.15) is 16.3 Å². The number of hydrogen-bond donors (Lipinski definition) is 1. The summed E-state index contributed by atoms with van der Waals surface area (Å²) in [6.45, 7) is 3.40. The second kappa shape index (κ2) is 10.3. The summed E-state index contributed by atoms with van der Waals surface area (Å²) in [6, 6.07) is 12.4. The predicted molar refractivity (Wildman–Crippen MR) is 123 cm³/mol. The first-order chi connectivity index (χ1) is 15.3. The van der Waals surface area contributed by atoms with Gasteiger partial charge in [-0.3, -0.25) is 14.9 Å². The van der Waals surface area contributed by atoms with Crippen molar-refractivity contribution in [1.29, 1.82) is 0 Å². The zero-order valence-electron chi connectivity index (χ0n) is 17.2. The van der Waals surface area contributed by atoms with Crippen LogP contribution in [0.15, 0.2) is 48.5 Å². The minimum Gasteiger partial charge on any atom is -0.484 e. The molecular formula is C22H19ClN2O6S. The summed E-state index contributed by atoms with van der Waals surface area (Å²) in [5, 5.41) is 14.3. The number of benzene rings is 2. The molecule has 1 N–H and O–H groups in total. The monoisotopic (exact) mass is 474 g/mol. The van der Waals surface area contributed by atoms with E-state index in [1.54, 1.807) is 31.2 Å². The van der Waals surface area contributed by atoms with Crippen LogP contribution in [-0.2, 0) is 9.53 Å². The van der Waals surface area contributed by atoms with Gasteiger partial charge in [0.2, 0.25) is 0 Å². The molecule has 3 aromatic rings. The highest BCUT2D eigenvalue weighted by Crippen LogP contribution is 2.40. The van der Waals surface area contributed by atoms with Crippen molar-refractivity contribution < 1.29 is 24.0 Å². The van der Waals surface area contributed by atoms with Crippen LogP contribution in [-0.4, -0.2) is 30.0 Å². The third-order valence-electron chi connectivity index (χ3n) is 4.37. The summed E-state index contributed by atoms with van der Waals surface area (Å²) in [6.07, 6.45) is 0. The molecule has 0 spiro atoms. The maximum atomic E-state index is 12.7. The van der Waals surface area contributed by atoms with Crippen LogP contribution >= 0.6 is 22.9 Å². The van der Waals surface area contributed by atoms with Gasteiger partial charge in [-0.2, -0.15) is 0 Å². The number of anilines is 1. The number of rotatable bonds is 8. The van der Waals surface area contributed by atoms with E-state index in [1.807, 2.05) is 6.92 Å². The molecule has 0 saturated carbocycles. The zero-order valence-corrected chi connectivity index (χ0v) is 18.8. The van der Waals surface area contributed by atoms with E-state index in [0.29, 0.717) is 21.3 Å². The zero-order chi connectivity index (χ0) is 23.3. The molecule has 2 aromatic carbocycles. The number of aryl methyl sites for hydroxylation is 1. The van der Waals surface area contributed by atoms with E-state index in [2.05, 4.69) is 5.32 Å². The van der Waals surface area contributed by atoms with Crippen molar-refractivity contribution in [2.24, 2.45) is 0 Å². The maximum absolute atomic E-state index is 12.7. The van der Waals surface area contributed by atoms with Crippen LogP contribution in [0, 0.1) is 17.0 Å². The third kappa shape index (κ3) is 5.43. The van der Waals surface area contributed by atoms with E-state index in [0.717, 1.165) is 10.4 Å². The lowest BCUT2D eigenvalue weighted by atomic mass is 10.0. The van der Waals surface area contributed by atoms with Gasteiger partial charge in [0, 0.05) is 27.6 Å². The molecule has 1 amide bonds. The second-order valence-corrected chi connectivity index (χ2v) is 8.21. The van der Waals surface area contributed by atoms with Crippen LogP contribution < -0.4 is 10.1 Å². The first-order valence-electron chi connectivity index (χ1n) is 9.53. The van der Waals surface area contributed by atoms with Crippen LogP contribution in [0.5, 0.6) is 5.75 Å². The van der Waals surface area contributed by atoms with E-state index in [1.165, 1.54) is 35.6 Å². The first-order valence-corrected chi connectivity index (χ1v) is 10.7. The molecule has 0 radical (unpaired) electrons. The number of carbonyl (C=O) groups is 2. The minimum atomic E-state index is -0.548. The Morgan fingerprint density at radius 3 is 2.38 bits per heavy atom.